The number of likely N-dealkylation sites (tertiary alicyclic amines) is 1. The van der Waals surface area contributed by atoms with E-state index in [0.29, 0.717) is 11.7 Å². The van der Waals surface area contributed by atoms with Gasteiger partial charge in [-0.25, -0.2) is 4.39 Å². The number of piperidine rings is 1. The number of hydrogen-bond acceptors (Lipinski definition) is 3. The zero-order chi connectivity index (χ0) is 13.0. The second-order valence-corrected chi connectivity index (χ2v) is 5.00. The van der Waals surface area contributed by atoms with Crippen LogP contribution in [0.1, 0.15) is 12.8 Å². The number of halogens is 1. The van der Waals surface area contributed by atoms with Crippen LogP contribution in [-0.4, -0.2) is 38.7 Å². The van der Waals surface area contributed by atoms with Crippen molar-refractivity contribution in [2.24, 2.45) is 5.92 Å². The molecule has 4 heteroatoms. The van der Waals surface area contributed by atoms with E-state index in [1.165, 1.54) is 32.6 Å². The number of benzene rings is 1. The van der Waals surface area contributed by atoms with Gasteiger partial charge < -0.3 is 15.0 Å². The van der Waals surface area contributed by atoms with Crippen LogP contribution in [0.15, 0.2) is 18.2 Å². The first-order chi connectivity index (χ1) is 8.69. The highest BCUT2D eigenvalue weighted by atomic mass is 19.1. The van der Waals surface area contributed by atoms with Crippen molar-refractivity contribution in [1.29, 1.82) is 0 Å². The van der Waals surface area contributed by atoms with Gasteiger partial charge in [-0.15, -0.1) is 0 Å². The van der Waals surface area contributed by atoms with Gasteiger partial charge in [0.05, 0.1) is 7.11 Å². The van der Waals surface area contributed by atoms with E-state index in [-0.39, 0.29) is 5.82 Å². The van der Waals surface area contributed by atoms with Crippen molar-refractivity contribution in [2.45, 2.75) is 12.8 Å². The molecule has 1 N–H and O–H groups in total. The van der Waals surface area contributed by atoms with Crippen LogP contribution in [0, 0.1) is 11.7 Å². The molecule has 18 heavy (non-hydrogen) atoms. The third kappa shape index (κ3) is 3.35. The molecular formula is C14H21FN2O. The summed E-state index contributed by atoms with van der Waals surface area (Å²) in [6, 6.07) is 4.90. The number of nitrogens with zero attached hydrogens (tertiary/aromatic N) is 1. The summed E-state index contributed by atoms with van der Waals surface area (Å²) in [4.78, 5) is 2.36. The molecule has 3 nitrogen and oxygen atoms in total. The molecule has 0 bridgehead atoms. The largest absolute Gasteiger partial charge is 0.494 e. The Bertz CT molecular complexity index is 397. The first-order valence-electron chi connectivity index (χ1n) is 6.45. The molecule has 1 unspecified atom stereocenters. The Morgan fingerprint density at radius 1 is 1.50 bits per heavy atom. The van der Waals surface area contributed by atoms with Gasteiger partial charge in [-0.1, -0.05) is 0 Å². The Labute approximate surface area is 108 Å². The molecule has 1 atom stereocenters. The molecule has 1 saturated heterocycles. The lowest BCUT2D eigenvalue weighted by Gasteiger charge is -2.30. The van der Waals surface area contributed by atoms with Crippen LogP contribution < -0.4 is 10.1 Å². The SMILES string of the molecule is COc1cc(NCC2CCCN(C)C2)ccc1F. The molecule has 1 aromatic rings. The predicted octanol–water partition coefficient (Wildman–Crippen LogP) is 2.59. The van der Waals surface area contributed by atoms with Crippen molar-refractivity contribution < 1.29 is 9.13 Å². The minimum absolute atomic E-state index is 0.292. The maximum atomic E-state index is 13.3. The molecule has 0 aliphatic carbocycles. The summed E-state index contributed by atoms with van der Waals surface area (Å²) in [6.45, 7) is 3.26. The monoisotopic (exact) mass is 252 g/mol. The Balaban J connectivity index is 1.89. The lowest BCUT2D eigenvalue weighted by Crippen LogP contribution is -2.35. The number of ether oxygens (including phenoxy) is 1. The van der Waals surface area contributed by atoms with E-state index in [1.54, 1.807) is 12.1 Å². The predicted molar refractivity (Wildman–Crippen MR) is 71.7 cm³/mol. The summed E-state index contributed by atoms with van der Waals surface area (Å²) in [5, 5.41) is 3.36. The van der Waals surface area contributed by atoms with Gasteiger partial charge in [-0.3, -0.25) is 0 Å². The van der Waals surface area contributed by atoms with Crippen LogP contribution >= 0.6 is 0 Å². The lowest BCUT2D eigenvalue weighted by atomic mass is 9.98. The van der Waals surface area contributed by atoms with Gasteiger partial charge in [-0.2, -0.15) is 0 Å². The lowest BCUT2D eigenvalue weighted by molar-refractivity contribution is 0.217. The first kappa shape index (κ1) is 13.1. The van der Waals surface area contributed by atoms with E-state index in [9.17, 15) is 4.39 Å². The number of rotatable bonds is 4. The van der Waals surface area contributed by atoms with Crippen LogP contribution in [-0.2, 0) is 0 Å². The molecule has 0 spiro atoms. The number of anilines is 1. The van der Waals surface area contributed by atoms with Gasteiger partial charge in [0.2, 0.25) is 0 Å². The summed E-state index contributed by atoms with van der Waals surface area (Å²) < 4.78 is 18.2. The smallest absolute Gasteiger partial charge is 0.165 e. The van der Waals surface area contributed by atoms with E-state index in [0.717, 1.165) is 18.8 Å². The van der Waals surface area contributed by atoms with Gasteiger partial charge in [0, 0.05) is 24.8 Å². The minimum atomic E-state index is -0.319. The Morgan fingerprint density at radius 2 is 2.33 bits per heavy atom. The second kappa shape index (κ2) is 6.05. The van der Waals surface area contributed by atoms with Crippen LogP contribution in [0.25, 0.3) is 0 Å². The van der Waals surface area contributed by atoms with Gasteiger partial charge in [0.1, 0.15) is 0 Å². The third-order valence-corrected chi connectivity index (χ3v) is 3.47. The van der Waals surface area contributed by atoms with Crippen molar-refractivity contribution in [2.75, 3.05) is 39.1 Å². The first-order valence-corrected chi connectivity index (χ1v) is 6.45. The highest BCUT2D eigenvalue weighted by Gasteiger charge is 2.16. The van der Waals surface area contributed by atoms with E-state index >= 15 is 0 Å². The molecule has 0 saturated carbocycles. The van der Waals surface area contributed by atoms with Crippen LogP contribution in [0.3, 0.4) is 0 Å². The Hall–Kier alpha value is -1.29. The van der Waals surface area contributed by atoms with Gasteiger partial charge in [0.15, 0.2) is 11.6 Å². The van der Waals surface area contributed by atoms with Crippen molar-refractivity contribution in [1.82, 2.24) is 4.90 Å². The van der Waals surface area contributed by atoms with E-state index in [4.69, 9.17) is 4.74 Å². The van der Waals surface area contributed by atoms with E-state index in [2.05, 4.69) is 17.3 Å². The Kier molecular flexibility index (Phi) is 4.42. The van der Waals surface area contributed by atoms with Crippen molar-refractivity contribution in [3.8, 4) is 5.75 Å². The highest BCUT2D eigenvalue weighted by molar-refractivity contribution is 5.48. The van der Waals surface area contributed by atoms with E-state index in [1.807, 2.05) is 0 Å². The molecular weight excluding hydrogens is 231 g/mol. The molecule has 1 aromatic carbocycles. The summed E-state index contributed by atoms with van der Waals surface area (Å²) >= 11 is 0. The number of nitrogens with one attached hydrogen (secondary N) is 1. The fourth-order valence-electron chi connectivity index (χ4n) is 2.47. The number of methoxy groups -OCH3 is 1. The molecule has 1 fully saturated rings. The summed E-state index contributed by atoms with van der Waals surface area (Å²) in [7, 11) is 3.64. The van der Waals surface area contributed by atoms with Crippen molar-refractivity contribution in [3.05, 3.63) is 24.0 Å². The van der Waals surface area contributed by atoms with Crippen LogP contribution in [0.4, 0.5) is 10.1 Å². The maximum absolute atomic E-state index is 13.3. The zero-order valence-corrected chi connectivity index (χ0v) is 11.1. The molecule has 0 aromatic heterocycles. The summed E-state index contributed by atoms with van der Waals surface area (Å²) in [5.41, 5.74) is 0.918. The van der Waals surface area contributed by atoms with Gasteiger partial charge >= 0.3 is 0 Å². The molecule has 1 aliphatic rings. The van der Waals surface area contributed by atoms with Crippen LogP contribution in [0.5, 0.6) is 5.75 Å². The second-order valence-electron chi connectivity index (χ2n) is 5.00. The van der Waals surface area contributed by atoms with E-state index < -0.39 is 0 Å². The maximum Gasteiger partial charge on any atom is 0.165 e. The molecule has 1 heterocycles. The minimum Gasteiger partial charge on any atom is -0.494 e. The molecule has 0 amide bonds. The van der Waals surface area contributed by atoms with Crippen LogP contribution in [0.2, 0.25) is 0 Å². The quantitative estimate of drug-likeness (QED) is 0.891. The van der Waals surface area contributed by atoms with Crippen molar-refractivity contribution in [3.63, 3.8) is 0 Å². The summed E-state index contributed by atoms with van der Waals surface area (Å²) in [6.07, 6.45) is 2.52. The Morgan fingerprint density at radius 3 is 3.06 bits per heavy atom. The number of hydrogen-bond donors (Lipinski definition) is 1. The zero-order valence-electron chi connectivity index (χ0n) is 11.1. The fraction of sp³-hybridized carbons (Fsp3) is 0.571. The fourth-order valence-corrected chi connectivity index (χ4v) is 2.47. The highest BCUT2D eigenvalue weighted by Crippen LogP contribution is 2.22. The summed E-state index contributed by atoms with van der Waals surface area (Å²) in [5.74, 6) is 0.640. The topological polar surface area (TPSA) is 24.5 Å². The normalized spacial score (nSPS) is 20.7. The third-order valence-electron chi connectivity index (χ3n) is 3.47. The van der Waals surface area contributed by atoms with Gasteiger partial charge in [-0.05, 0) is 44.5 Å². The molecule has 2 rings (SSSR count). The standard InChI is InChI=1S/C14H21FN2O/c1-17-7-3-4-11(10-17)9-16-12-5-6-13(15)14(8-12)18-2/h5-6,8,11,16H,3-4,7,9-10H2,1-2H3. The average molecular weight is 252 g/mol. The van der Waals surface area contributed by atoms with Crippen molar-refractivity contribution >= 4 is 5.69 Å². The van der Waals surface area contributed by atoms with Gasteiger partial charge in [0.25, 0.3) is 0 Å². The molecule has 0 radical (unpaired) electrons. The average Bonchev–Trinajstić information content (AvgIpc) is 2.38. The molecule has 1 aliphatic heterocycles. The molecule has 100 valence electrons.